The molecule has 1 N–H and O–H groups in total. The Kier molecular flexibility index (Phi) is 9.40. The Hall–Kier alpha value is -1.63. The maximum Gasteiger partial charge on any atom is 0.310 e. The number of amides is 1. The third kappa shape index (κ3) is 9.33. The van der Waals surface area contributed by atoms with Crippen molar-refractivity contribution in [2.75, 3.05) is 6.54 Å². The Balaban J connectivity index is 4.55. The lowest BCUT2D eigenvalue weighted by molar-refractivity contribution is -0.256. The number of carbonyl (C=O) groups excluding carboxylic acids is 2. The molecule has 7 heteroatoms. The molecular weight excluding hydrogens is 290 g/mol. The molecule has 0 aromatic rings. The van der Waals surface area contributed by atoms with Crippen LogP contribution in [0.1, 0.15) is 47.5 Å². The van der Waals surface area contributed by atoms with Gasteiger partial charge in [0.1, 0.15) is 0 Å². The van der Waals surface area contributed by atoms with E-state index in [1.807, 2.05) is 13.8 Å². The molecule has 0 aliphatic carbocycles. The molecule has 0 rings (SSSR count). The second-order valence-electron chi connectivity index (χ2n) is 6.06. The molecule has 0 aliphatic rings. The van der Waals surface area contributed by atoms with E-state index in [1.165, 1.54) is 6.92 Å². The molecule has 22 heavy (non-hydrogen) atoms. The molecule has 0 spiro atoms. The predicted octanol–water partition coefficient (Wildman–Crippen LogP) is 2.06. The van der Waals surface area contributed by atoms with Crippen molar-refractivity contribution in [1.82, 2.24) is 5.06 Å². The van der Waals surface area contributed by atoms with Gasteiger partial charge >= 0.3 is 11.9 Å². The van der Waals surface area contributed by atoms with Crippen LogP contribution in [0.25, 0.3) is 0 Å². The zero-order chi connectivity index (χ0) is 17.3. The maximum absolute atomic E-state index is 11.4. The summed E-state index contributed by atoms with van der Waals surface area (Å²) in [6.45, 7) is 8.99. The molecule has 0 aromatic heterocycles. The first-order valence-electron chi connectivity index (χ1n) is 7.46. The lowest BCUT2D eigenvalue weighted by atomic mass is 9.94. The van der Waals surface area contributed by atoms with E-state index >= 15 is 0 Å². The van der Waals surface area contributed by atoms with Crippen LogP contribution in [0.2, 0.25) is 0 Å². The molecule has 128 valence electrons. The number of hydrogen-bond donors (Lipinski definition) is 1. The van der Waals surface area contributed by atoms with E-state index in [4.69, 9.17) is 14.7 Å². The van der Waals surface area contributed by atoms with Gasteiger partial charge in [0.25, 0.3) is 0 Å². The number of nitrogens with zero attached hydrogens (tertiary/aromatic N) is 1. The quantitative estimate of drug-likeness (QED) is 0.271. The molecule has 0 heterocycles. The van der Waals surface area contributed by atoms with Gasteiger partial charge in [-0.2, -0.15) is 0 Å². The molecule has 7 nitrogen and oxygen atoms in total. The van der Waals surface area contributed by atoms with Crippen molar-refractivity contribution in [3.8, 4) is 0 Å². The maximum atomic E-state index is 11.4. The average molecular weight is 317 g/mol. The minimum absolute atomic E-state index is 0.0496. The Morgan fingerprint density at radius 2 is 1.77 bits per heavy atom. The monoisotopic (exact) mass is 317 g/mol. The molecule has 2 atom stereocenters. The van der Waals surface area contributed by atoms with E-state index in [2.05, 4.69) is 0 Å². The SMILES string of the molecule is CC(C)C[C@@H](CC(=O)O)CN(C=O)O[C@H](C)OC(=O)C(C)C. The zero-order valence-electron chi connectivity index (χ0n) is 13.9. The molecule has 0 saturated carbocycles. The van der Waals surface area contributed by atoms with E-state index in [0.717, 1.165) is 5.06 Å². The fourth-order valence-corrected chi connectivity index (χ4v) is 2.01. The van der Waals surface area contributed by atoms with E-state index in [0.29, 0.717) is 18.7 Å². The first kappa shape index (κ1) is 20.4. The smallest absolute Gasteiger partial charge is 0.310 e. The summed E-state index contributed by atoms with van der Waals surface area (Å²) in [5.74, 6) is -1.57. The van der Waals surface area contributed by atoms with Gasteiger partial charge in [-0.15, -0.1) is 0 Å². The van der Waals surface area contributed by atoms with Crippen LogP contribution in [-0.4, -0.2) is 41.4 Å². The summed E-state index contributed by atoms with van der Waals surface area (Å²) in [4.78, 5) is 38.7. The van der Waals surface area contributed by atoms with Gasteiger partial charge in [-0.3, -0.25) is 14.4 Å². The van der Waals surface area contributed by atoms with Crippen molar-refractivity contribution in [3.05, 3.63) is 0 Å². The van der Waals surface area contributed by atoms with Gasteiger partial charge in [-0.1, -0.05) is 27.7 Å². The van der Waals surface area contributed by atoms with Crippen LogP contribution in [0.4, 0.5) is 0 Å². The highest BCUT2D eigenvalue weighted by atomic mass is 16.8. The highest BCUT2D eigenvalue weighted by Crippen LogP contribution is 2.17. The molecule has 0 fully saturated rings. The highest BCUT2D eigenvalue weighted by molar-refractivity contribution is 5.71. The van der Waals surface area contributed by atoms with Crippen LogP contribution in [0, 0.1) is 17.8 Å². The average Bonchev–Trinajstić information content (AvgIpc) is 2.35. The molecule has 1 amide bonds. The van der Waals surface area contributed by atoms with Crippen LogP contribution in [0.3, 0.4) is 0 Å². The predicted molar refractivity (Wildman–Crippen MR) is 79.4 cm³/mol. The lowest BCUT2D eigenvalue weighted by Crippen LogP contribution is -2.35. The molecule has 0 radical (unpaired) electrons. The van der Waals surface area contributed by atoms with E-state index in [-0.39, 0.29) is 24.8 Å². The third-order valence-electron chi connectivity index (χ3n) is 2.86. The first-order valence-corrected chi connectivity index (χ1v) is 7.46. The summed E-state index contributed by atoms with van der Waals surface area (Å²) in [6, 6.07) is 0. The Morgan fingerprint density at radius 3 is 2.18 bits per heavy atom. The molecular formula is C15H27NO6. The fourth-order valence-electron chi connectivity index (χ4n) is 2.01. The zero-order valence-corrected chi connectivity index (χ0v) is 13.9. The van der Waals surface area contributed by atoms with Crippen LogP contribution < -0.4 is 0 Å². The number of carboxylic acid groups (broad SMARTS) is 1. The van der Waals surface area contributed by atoms with Gasteiger partial charge in [-0.25, -0.2) is 9.90 Å². The van der Waals surface area contributed by atoms with Crippen molar-refractivity contribution in [2.45, 2.75) is 53.8 Å². The lowest BCUT2D eigenvalue weighted by Gasteiger charge is -2.26. The van der Waals surface area contributed by atoms with Gasteiger partial charge in [0, 0.05) is 13.3 Å². The number of hydrogen-bond acceptors (Lipinski definition) is 5. The Morgan fingerprint density at radius 1 is 1.18 bits per heavy atom. The van der Waals surface area contributed by atoms with Crippen LogP contribution in [0.15, 0.2) is 0 Å². The minimum Gasteiger partial charge on any atom is -0.481 e. The summed E-state index contributed by atoms with van der Waals surface area (Å²) in [7, 11) is 0. The summed E-state index contributed by atoms with van der Waals surface area (Å²) in [5, 5.41) is 9.92. The van der Waals surface area contributed by atoms with Crippen molar-refractivity contribution < 1.29 is 29.1 Å². The number of carboxylic acids is 1. The number of carbonyl (C=O) groups is 3. The summed E-state index contributed by atoms with van der Waals surface area (Å²) in [5.41, 5.74) is 0. The van der Waals surface area contributed by atoms with Crippen molar-refractivity contribution in [1.29, 1.82) is 0 Å². The van der Waals surface area contributed by atoms with Gasteiger partial charge in [0.2, 0.25) is 12.7 Å². The first-order chi connectivity index (χ1) is 10.1. The third-order valence-corrected chi connectivity index (χ3v) is 2.86. The van der Waals surface area contributed by atoms with Crippen molar-refractivity contribution >= 4 is 18.3 Å². The topological polar surface area (TPSA) is 93.1 Å². The second-order valence-corrected chi connectivity index (χ2v) is 6.06. The van der Waals surface area contributed by atoms with Crippen LogP contribution in [0.5, 0.6) is 0 Å². The number of esters is 1. The number of aliphatic carboxylic acids is 1. The van der Waals surface area contributed by atoms with Crippen molar-refractivity contribution in [2.24, 2.45) is 17.8 Å². The Bertz CT molecular complexity index is 369. The minimum atomic E-state index is -0.921. The summed E-state index contributed by atoms with van der Waals surface area (Å²) >= 11 is 0. The number of hydroxylamine groups is 2. The molecule has 0 bridgehead atoms. The number of rotatable bonds is 11. The van der Waals surface area contributed by atoms with Gasteiger partial charge in [0.15, 0.2) is 0 Å². The number of ether oxygens (including phenoxy) is 1. The van der Waals surface area contributed by atoms with Crippen LogP contribution >= 0.6 is 0 Å². The highest BCUT2D eigenvalue weighted by Gasteiger charge is 2.21. The van der Waals surface area contributed by atoms with E-state index < -0.39 is 18.2 Å². The largest absolute Gasteiger partial charge is 0.481 e. The normalized spacial score (nSPS) is 13.8. The van der Waals surface area contributed by atoms with Gasteiger partial charge < -0.3 is 9.84 Å². The Labute approximate surface area is 131 Å². The van der Waals surface area contributed by atoms with Crippen molar-refractivity contribution in [3.63, 3.8) is 0 Å². The van der Waals surface area contributed by atoms with Gasteiger partial charge in [-0.05, 0) is 18.3 Å². The van der Waals surface area contributed by atoms with Gasteiger partial charge in [0.05, 0.1) is 12.5 Å². The molecule has 0 aliphatic heterocycles. The fraction of sp³-hybridized carbons (Fsp3) is 0.800. The molecule has 0 saturated heterocycles. The summed E-state index contributed by atoms with van der Waals surface area (Å²) < 4.78 is 5.01. The summed E-state index contributed by atoms with van der Waals surface area (Å²) in [6.07, 6.45) is 0.158. The standard InChI is InChI=1S/C15H27NO6/c1-10(2)6-13(7-14(18)19)8-16(9-17)22-12(5)21-15(20)11(3)4/h9-13H,6-8H2,1-5H3,(H,18,19)/t12-,13+/m1/s1. The second kappa shape index (κ2) is 10.2. The van der Waals surface area contributed by atoms with E-state index in [9.17, 15) is 14.4 Å². The molecule has 0 aromatic carbocycles. The molecule has 0 unspecified atom stereocenters. The van der Waals surface area contributed by atoms with Crippen LogP contribution in [-0.2, 0) is 24.0 Å². The van der Waals surface area contributed by atoms with E-state index in [1.54, 1.807) is 13.8 Å².